The molecular weight excluding hydrogens is 204 g/mol. The fraction of sp³-hybridized carbons (Fsp3) is 0.769. The van der Waals surface area contributed by atoms with E-state index in [1.807, 2.05) is 0 Å². The summed E-state index contributed by atoms with van der Waals surface area (Å²) in [6.07, 6.45) is 7.91. The third kappa shape index (κ3) is 3.63. The Hall–Kier alpha value is -0.830. The zero-order valence-electron chi connectivity index (χ0n) is 9.69. The summed E-state index contributed by atoms with van der Waals surface area (Å²) in [7, 11) is 0. The van der Waals surface area contributed by atoms with E-state index in [0.717, 1.165) is 12.5 Å². The highest BCUT2D eigenvalue weighted by Crippen LogP contribution is 2.34. The second-order valence-corrected chi connectivity index (χ2v) is 4.91. The minimum absolute atomic E-state index is 0.298. The minimum Gasteiger partial charge on any atom is -0.462 e. The minimum atomic E-state index is -0.298. The van der Waals surface area contributed by atoms with Gasteiger partial charge in [-0.2, -0.15) is 0 Å². The van der Waals surface area contributed by atoms with Crippen LogP contribution in [-0.2, 0) is 14.3 Å². The number of esters is 1. The number of hydrogen-bond acceptors (Lipinski definition) is 3. The maximum atomic E-state index is 10.9. The highest BCUT2D eigenvalue weighted by atomic mass is 16.6. The molecule has 2 aliphatic rings. The van der Waals surface area contributed by atoms with Crippen LogP contribution in [0, 0.1) is 11.8 Å². The van der Waals surface area contributed by atoms with Crippen LogP contribution in [0.5, 0.6) is 0 Å². The molecule has 0 aromatic rings. The summed E-state index contributed by atoms with van der Waals surface area (Å²) in [5.74, 6) is 1.09. The van der Waals surface area contributed by atoms with E-state index in [-0.39, 0.29) is 5.97 Å². The molecule has 0 radical (unpaired) electrons. The molecule has 1 saturated heterocycles. The fourth-order valence-corrected chi connectivity index (χ4v) is 2.47. The quantitative estimate of drug-likeness (QED) is 0.408. The topological polar surface area (TPSA) is 38.8 Å². The first-order valence-corrected chi connectivity index (χ1v) is 6.18. The van der Waals surface area contributed by atoms with E-state index in [9.17, 15) is 4.79 Å². The van der Waals surface area contributed by atoms with Gasteiger partial charge in [-0.15, -0.1) is 0 Å². The van der Waals surface area contributed by atoms with Gasteiger partial charge in [0.15, 0.2) is 0 Å². The Morgan fingerprint density at radius 1 is 1.31 bits per heavy atom. The molecule has 1 aliphatic carbocycles. The van der Waals surface area contributed by atoms with Gasteiger partial charge in [-0.05, 0) is 43.9 Å². The third-order valence-corrected chi connectivity index (χ3v) is 3.59. The van der Waals surface area contributed by atoms with Crippen LogP contribution < -0.4 is 0 Å². The Kier molecular flexibility index (Phi) is 3.99. The SMILES string of the molecule is C=CC(=O)OCC1CCC(CC2CO2)CC1. The third-order valence-electron chi connectivity index (χ3n) is 3.59. The van der Waals surface area contributed by atoms with Gasteiger partial charge in [-0.25, -0.2) is 4.79 Å². The molecule has 2 rings (SSSR count). The predicted octanol–water partition coefficient (Wildman–Crippen LogP) is 2.31. The number of carbonyl (C=O) groups excluding carboxylic acids is 1. The molecule has 0 aromatic heterocycles. The van der Waals surface area contributed by atoms with E-state index in [4.69, 9.17) is 9.47 Å². The van der Waals surface area contributed by atoms with Crippen LogP contribution in [0.1, 0.15) is 32.1 Å². The van der Waals surface area contributed by atoms with Crippen LogP contribution in [0.2, 0.25) is 0 Å². The van der Waals surface area contributed by atoms with Gasteiger partial charge in [0.25, 0.3) is 0 Å². The maximum absolute atomic E-state index is 10.9. The second kappa shape index (κ2) is 5.48. The summed E-state index contributed by atoms with van der Waals surface area (Å²) in [6.45, 7) is 4.92. The molecule has 1 atom stereocenters. The number of epoxide rings is 1. The predicted molar refractivity (Wildman–Crippen MR) is 61.0 cm³/mol. The Balaban J connectivity index is 1.60. The van der Waals surface area contributed by atoms with Gasteiger partial charge in [0.2, 0.25) is 0 Å². The first-order chi connectivity index (χ1) is 7.78. The smallest absolute Gasteiger partial charge is 0.330 e. The highest BCUT2D eigenvalue weighted by molar-refractivity contribution is 5.81. The number of hydrogen-bond donors (Lipinski definition) is 0. The van der Waals surface area contributed by atoms with Gasteiger partial charge in [-0.1, -0.05) is 6.58 Å². The lowest BCUT2D eigenvalue weighted by Crippen LogP contribution is -2.20. The summed E-state index contributed by atoms with van der Waals surface area (Å²) >= 11 is 0. The van der Waals surface area contributed by atoms with E-state index in [0.29, 0.717) is 18.6 Å². The second-order valence-electron chi connectivity index (χ2n) is 4.91. The molecule has 90 valence electrons. The molecule has 3 heteroatoms. The zero-order valence-corrected chi connectivity index (χ0v) is 9.69. The maximum Gasteiger partial charge on any atom is 0.330 e. The van der Waals surface area contributed by atoms with Crippen LogP contribution in [-0.4, -0.2) is 25.3 Å². The largest absolute Gasteiger partial charge is 0.462 e. The Morgan fingerprint density at radius 2 is 1.94 bits per heavy atom. The lowest BCUT2D eigenvalue weighted by Gasteiger charge is -2.27. The van der Waals surface area contributed by atoms with E-state index >= 15 is 0 Å². The molecule has 0 N–H and O–H groups in total. The van der Waals surface area contributed by atoms with Crippen molar-refractivity contribution in [3.8, 4) is 0 Å². The normalized spacial score (nSPS) is 33.1. The van der Waals surface area contributed by atoms with Crippen molar-refractivity contribution in [2.24, 2.45) is 11.8 Å². The average Bonchev–Trinajstić information content (AvgIpc) is 3.11. The van der Waals surface area contributed by atoms with Crippen LogP contribution >= 0.6 is 0 Å². The van der Waals surface area contributed by atoms with Crippen LogP contribution in [0.4, 0.5) is 0 Å². The number of carbonyl (C=O) groups is 1. The summed E-state index contributed by atoms with van der Waals surface area (Å²) < 4.78 is 10.3. The average molecular weight is 224 g/mol. The monoisotopic (exact) mass is 224 g/mol. The Bertz CT molecular complexity index is 250. The molecule has 2 fully saturated rings. The first-order valence-electron chi connectivity index (χ1n) is 6.18. The van der Waals surface area contributed by atoms with Gasteiger partial charge >= 0.3 is 5.97 Å². The van der Waals surface area contributed by atoms with Crippen LogP contribution in [0.3, 0.4) is 0 Å². The van der Waals surface area contributed by atoms with Gasteiger partial charge in [-0.3, -0.25) is 0 Å². The van der Waals surface area contributed by atoms with Crippen molar-refractivity contribution in [1.82, 2.24) is 0 Å². The van der Waals surface area contributed by atoms with Crippen molar-refractivity contribution in [3.63, 3.8) is 0 Å². The molecule has 0 aromatic carbocycles. The van der Waals surface area contributed by atoms with Crippen LogP contribution in [0.25, 0.3) is 0 Å². The molecule has 16 heavy (non-hydrogen) atoms. The first kappa shape index (κ1) is 11.6. The van der Waals surface area contributed by atoms with Crippen molar-refractivity contribution in [2.45, 2.75) is 38.2 Å². The summed E-state index contributed by atoms with van der Waals surface area (Å²) in [5, 5.41) is 0. The molecule has 0 amide bonds. The lowest BCUT2D eigenvalue weighted by atomic mass is 9.80. The zero-order chi connectivity index (χ0) is 11.4. The molecule has 1 saturated carbocycles. The van der Waals surface area contributed by atoms with E-state index in [1.165, 1.54) is 38.2 Å². The molecule has 1 unspecified atom stereocenters. The fourth-order valence-electron chi connectivity index (χ4n) is 2.47. The summed E-state index contributed by atoms with van der Waals surface area (Å²) in [6, 6.07) is 0. The molecule has 0 bridgehead atoms. The van der Waals surface area contributed by atoms with Crippen molar-refractivity contribution in [1.29, 1.82) is 0 Å². The van der Waals surface area contributed by atoms with E-state index in [1.54, 1.807) is 0 Å². The molecule has 3 nitrogen and oxygen atoms in total. The van der Waals surface area contributed by atoms with Crippen molar-refractivity contribution < 1.29 is 14.3 Å². The van der Waals surface area contributed by atoms with Gasteiger partial charge in [0.1, 0.15) is 0 Å². The molecule has 1 aliphatic heterocycles. The Morgan fingerprint density at radius 3 is 2.50 bits per heavy atom. The van der Waals surface area contributed by atoms with Gasteiger partial charge in [0.05, 0.1) is 19.3 Å². The van der Waals surface area contributed by atoms with Crippen molar-refractivity contribution in [2.75, 3.05) is 13.2 Å². The number of ether oxygens (including phenoxy) is 2. The van der Waals surface area contributed by atoms with Crippen molar-refractivity contribution in [3.05, 3.63) is 12.7 Å². The van der Waals surface area contributed by atoms with E-state index < -0.39 is 0 Å². The molecular formula is C13H20O3. The van der Waals surface area contributed by atoms with E-state index in [2.05, 4.69) is 6.58 Å². The lowest BCUT2D eigenvalue weighted by molar-refractivity contribution is -0.139. The van der Waals surface area contributed by atoms with Gasteiger partial charge < -0.3 is 9.47 Å². The van der Waals surface area contributed by atoms with Crippen molar-refractivity contribution >= 4 is 5.97 Å². The summed E-state index contributed by atoms with van der Waals surface area (Å²) in [5.41, 5.74) is 0. The van der Waals surface area contributed by atoms with Gasteiger partial charge in [0, 0.05) is 6.08 Å². The Labute approximate surface area is 96.8 Å². The standard InChI is InChI=1S/C13H20O3/c1-2-13(14)16-8-11-5-3-10(4-6-11)7-12-9-15-12/h2,10-12H,1,3-9H2. The molecule has 1 heterocycles. The molecule has 0 spiro atoms. The number of rotatable bonds is 5. The highest BCUT2D eigenvalue weighted by Gasteiger charge is 2.29. The van der Waals surface area contributed by atoms with Crippen LogP contribution in [0.15, 0.2) is 12.7 Å². The summed E-state index contributed by atoms with van der Waals surface area (Å²) in [4.78, 5) is 10.9.